The van der Waals surface area contributed by atoms with Gasteiger partial charge in [-0.15, -0.1) is 0 Å². The lowest BCUT2D eigenvalue weighted by molar-refractivity contribution is 0.177. The molecule has 0 aromatic heterocycles. The van der Waals surface area contributed by atoms with E-state index in [0.717, 1.165) is 23.1 Å². The van der Waals surface area contributed by atoms with Crippen molar-refractivity contribution in [1.82, 2.24) is 0 Å². The minimum absolute atomic E-state index is 0.220. The average Bonchev–Trinajstić information content (AvgIpc) is 2.47. The highest BCUT2D eigenvalue weighted by atomic mass is 19.1. The number of halogens is 1. The molecule has 0 radical (unpaired) electrons. The average molecular weight is 274 g/mol. The Bertz CT molecular complexity index is 581. The minimum Gasteiger partial charge on any atom is -0.494 e. The molecule has 2 aromatic rings. The lowest BCUT2D eigenvalue weighted by Gasteiger charge is -2.15. The molecule has 2 nitrogen and oxygen atoms in total. The normalized spacial score (nSPS) is 12.2. The second kappa shape index (κ2) is 6.53. The molecule has 3 heteroatoms. The van der Waals surface area contributed by atoms with Crippen molar-refractivity contribution in [3.8, 4) is 5.75 Å². The topological polar surface area (TPSA) is 29.5 Å². The summed E-state index contributed by atoms with van der Waals surface area (Å²) in [5.41, 5.74) is 2.78. The summed E-state index contributed by atoms with van der Waals surface area (Å²) in [6.45, 7) is 2.05. The molecule has 1 unspecified atom stereocenters. The molecule has 1 N–H and O–H groups in total. The van der Waals surface area contributed by atoms with Gasteiger partial charge in [-0.3, -0.25) is 0 Å². The maximum atomic E-state index is 13.6. The van der Waals surface area contributed by atoms with Gasteiger partial charge in [-0.2, -0.15) is 0 Å². The molecule has 0 aliphatic heterocycles. The summed E-state index contributed by atoms with van der Waals surface area (Å²) in [6, 6.07) is 12.6. The molecule has 0 fully saturated rings. The second-order valence-electron chi connectivity index (χ2n) is 4.74. The molecule has 2 rings (SSSR count). The first-order valence-electron chi connectivity index (χ1n) is 6.74. The van der Waals surface area contributed by atoms with Crippen LogP contribution in [0.1, 0.15) is 29.7 Å². The highest BCUT2D eigenvalue weighted by molar-refractivity contribution is 5.33. The summed E-state index contributed by atoms with van der Waals surface area (Å²) < 4.78 is 18.5. The number of rotatable bonds is 5. The van der Waals surface area contributed by atoms with E-state index in [4.69, 9.17) is 4.74 Å². The molecule has 0 aliphatic carbocycles. The fourth-order valence-corrected chi connectivity index (χ4v) is 2.35. The number of aryl methyl sites for hydroxylation is 1. The van der Waals surface area contributed by atoms with E-state index in [2.05, 4.69) is 6.92 Å². The van der Waals surface area contributed by atoms with Crippen molar-refractivity contribution < 1.29 is 14.2 Å². The van der Waals surface area contributed by atoms with Gasteiger partial charge < -0.3 is 9.84 Å². The van der Waals surface area contributed by atoms with E-state index in [9.17, 15) is 9.50 Å². The van der Waals surface area contributed by atoms with Gasteiger partial charge in [0.15, 0.2) is 11.6 Å². The predicted molar refractivity (Wildman–Crippen MR) is 77.4 cm³/mol. The summed E-state index contributed by atoms with van der Waals surface area (Å²) in [5, 5.41) is 10.3. The highest BCUT2D eigenvalue weighted by Crippen LogP contribution is 2.25. The van der Waals surface area contributed by atoms with Crippen LogP contribution in [-0.4, -0.2) is 12.2 Å². The summed E-state index contributed by atoms with van der Waals surface area (Å²) in [5.74, 6) is -0.182. The molecule has 0 bridgehead atoms. The monoisotopic (exact) mass is 274 g/mol. The van der Waals surface area contributed by atoms with Gasteiger partial charge in [0.25, 0.3) is 0 Å². The molecule has 0 amide bonds. The van der Waals surface area contributed by atoms with Gasteiger partial charge in [-0.05, 0) is 35.2 Å². The van der Waals surface area contributed by atoms with Crippen LogP contribution in [0.2, 0.25) is 0 Å². The van der Waals surface area contributed by atoms with E-state index in [-0.39, 0.29) is 5.75 Å². The van der Waals surface area contributed by atoms with E-state index < -0.39 is 11.9 Å². The van der Waals surface area contributed by atoms with Crippen molar-refractivity contribution in [2.24, 2.45) is 0 Å². The number of methoxy groups -OCH3 is 1. The molecule has 0 spiro atoms. The van der Waals surface area contributed by atoms with Gasteiger partial charge in [-0.25, -0.2) is 4.39 Å². The summed E-state index contributed by atoms with van der Waals surface area (Å²) >= 11 is 0. The van der Waals surface area contributed by atoms with Crippen LogP contribution in [0.25, 0.3) is 0 Å². The van der Waals surface area contributed by atoms with Gasteiger partial charge in [0.05, 0.1) is 13.2 Å². The van der Waals surface area contributed by atoms with Crippen LogP contribution in [0.3, 0.4) is 0 Å². The summed E-state index contributed by atoms with van der Waals surface area (Å²) in [7, 11) is 1.43. The smallest absolute Gasteiger partial charge is 0.165 e. The second-order valence-corrected chi connectivity index (χ2v) is 4.74. The lowest BCUT2D eigenvalue weighted by Crippen LogP contribution is -2.05. The Morgan fingerprint density at radius 2 is 1.95 bits per heavy atom. The Balaban J connectivity index is 2.19. The van der Waals surface area contributed by atoms with Gasteiger partial charge in [0.2, 0.25) is 0 Å². The summed E-state index contributed by atoms with van der Waals surface area (Å²) in [4.78, 5) is 0. The van der Waals surface area contributed by atoms with Crippen LogP contribution >= 0.6 is 0 Å². The number of aliphatic hydroxyl groups is 1. The van der Waals surface area contributed by atoms with Gasteiger partial charge >= 0.3 is 0 Å². The van der Waals surface area contributed by atoms with E-state index >= 15 is 0 Å². The first-order valence-corrected chi connectivity index (χ1v) is 6.74. The van der Waals surface area contributed by atoms with Crippen molar-refractivity contribution in [1.29, 1.82) is 0 Å². The van der Waals surface area contributed by atoms with E-state index in [1.165, 1.54) is 13.2 Å². The maximum absolute atomic E-state index is 13.6. The molecular formula is C17H19FO2. The van der Waals surface area contributed by atoms with E-state index in [1.807, 2.05) is 24.3 Å². The Morgan fingerprint density at radius 1 is 1.20 bits per heavy atom. The molecule has 0 saturated heterocycles. The summed E-state index contributed by atoms with van der Waals surface area (Å²) in [6.07, 6.45) is 0.626. The Hall–Kier alpha value is -1.87. The largest absolute Gasteiger partial charge is 0.494 e. The first-order chi connectivity index (χ1) is 9.65. The third-order valence-electron chi connectivity index (χ3n) is 3.44. The molecule has 2 aromatic carbocycles. The third-order valence-corrected chi connectivity index (χ3v) is 3.44. The Morgan fingerprint density at radius 3 is 2.60 bits per heavy atom. The first kappa shape index (κ1) is 14.5. The third kappa shape index (κ3) is 3.17. The number of hydrogen-bond donors (Lipinski definition) is 1. The van der Waals surface area contributed by atoms with Crippen molar-refractivity contribution in [2.45, 2.75) is 25.9 Å². The Kier molecular flexibility index (Phi) is 4.74. The van der Waals surface area contributed by atoms with Gasteiger partial charge in [0, 0.05) is 6.42 Å². The highest BCUT2D eigenvalue weighted by Gasteiger charge is 2.13. The number of aliphatic hydroxyl groups excluding tert-OH is 1. The predicted octanol–water partition coefficient (Wildman–Crippen LogP) is 3.67. The van der Waals surface area contributed by atoms with Crippen LogP contribution < -0.4 is 4.74 Å². The van der Waals surface area contributed by atoms with Gasteiger partial charge in [-0.1, -0.05) is 37.3 Å². The zero-order valence-corrected chi connectivity index (χ0v) is 11.8. The molecule has 0 aliphatic rings. The van der Waals surface area contributed by atoms with Crippen LogP contribution in [-0.2, 0) is 12.8 Å². The molecule has 106 valence electrons. The number of ether oxygens (including phenoxy) is 1. The van der Waals surface area contributed by atoms with Crippen molar-refractivity contribution in [3.63, 3.8) is 0 Å². The zero-order valence-electron chi connectivity index (χ0n) is 11.8. The van der Waals surface area contributed by atoms with Crippen LogP contribution in [0, 0.1) is 5.82 Å². The molecule has 20 heavy (non-hydrogen) atoms. The van der Waals surface area contributed by atoms with Crippen LogP contribution in [0.15, 0.2) is 42.5 Å². The number of benzene rings is 2. The quantitative estimate of drug-likeness (QED) is 0.901. The Labute approximate surface area is 118 Å². The molecular weight excluding hydrogens is 255 g/mol. The van der Waals surface area contributed by atoms with Crippen LogP contribution in [0.4, 0.5) is 4.39 Å². The minimum atomic E-state index is -0.626. The SMILES string of the molecule is CCc1ccccc1C(O)Cc1ccc(OC)c(F)c1. The zero-order chi connectivity index (χ0) is 14.5. The van der Waals surface area contributed by atoms with E-state index in [1.54, 1.807) is 12.1 Å². The molecule has 1 atom stereocenters. The molecule has 0 heterocycles. The fraction of sp³-hybridized carbons (Fsp3) is 0.294. The number of hydrogen-bond acceptors (Lipinski definition) is 2. The van der Waals surface area contributed by atoms with Crippen molar-refractivity contribution in [2.75, 3.05) is 7.11 Å². The van der Waals surface area contributed by atoms with Gasteiger partial charge in [0.1, 0.15) is 0 Å². The standard InChI is InChI=1S/C17H19FO2/c1-3-13-6-4-5-7-14(13)16(19)11-12-8-9-17(20-2)15(18)10-12/h4-10,16,19H,3,11H2,1-2H3. The molecule has 0 saturated carbocycles. The fourth-order valence-electron chi connectivity index (χ4n) is 2.35. The van der Waals surface area contributed by atoms with Crippen molar-refractivity contribution in [3.05, 3.63) is 65.0 Å². The lowest BCUT2D eigenvalue weighted by atomic mass is 9.96. The maximum Gasteiger partial charge on any atom is 0.165 e. The van der Waals surface area contributed by atoms with Crippen LogP contribution in [0.5, 0.6) is 5.75 Å². The van der Waals surface area contributed by atoms with E-state index in [0.29, 0.717) is 6.42 Å². The van der Waals surface area contributed by atoms with Crippen molar-refractivity contribution >= 4 is 0 Å².